The van der Waals surface area contributed by atoms with Crippen LogP contribution in [0, 0.1) is 13.8 Å². The lowest BCUT2D eigenvalue weighted by atomic mass is 10.1. The van der Waals surface area contributed by atoms with Gasteiger partial charge >= 0.3 is 0 Å². The molecular weight excluding hydrogens is 316 g/mol. The molecule has 0 unspecified atom stereocenters. The first-order chi connectivity index (χ1) is 10.7. The Morgan fingerprint density at radius 1 is 1.09 bits per heavy atom. The SMILES string of the molecule is COc1ccc(S(N)(=O)=O)cc1C(=O)Nc1cc(C)cc(C)c1. The van der Waals surface area contributed by atoms with Crippen molar-refractivity contribution in [3.05, 3.63) is 53.1 Å². The number of aryl methyl sites for hydroxylation is 2. The molecule has 0 aromatic heterocycles. The van der Waals surface area contributed by atoms with Crippen molar-refractivity contribution in [1.29, 1.82) is 0 Å². The third kappa shape index (κ3) is 4.08. The van der Waals surface area contributed by atoms with Gasteiger partial charge < -0.3 is 10.1 Å². The van der Waals surface area contributed by atoms with Gasteiger partial charge in [-0.1, -0.05) is 6.07 Å². The summed E-state index contributed by atoms with van der Waals surface area (Å²) in [5.41, 5.74) is 2.73. The number of anilines is 1. The van der Waals surface area contributed by atoms with Gasteiger partial charge in [-0.25, -0.2) is 13.6 Å². The van der Waals surface area contributed by atoms with Gasteiger partial charge in [0, 0.05) is 5.69 Å². The molecule has 0 saturated carbocycles. The highest BCUT2D eigenvalue weighted by molar-refractivity contribution is 7.89. The number of carbonyl (C=O) groups is 1. The lowest BCUT2D eigenvalue weighted by Gasteiger charge is -2.11. The Kier molecular flexibility index (Phi) is 4.72. The molecule has 0 atom stereocenters. The van der Waals surface area contributed by atoms with Crippen LogP contribution in [0.15, 0.2) is 41.3 Å². The second-order valence-electron chi connectivity index (χ2n) is 5.24. The van der Waals surface area contributed by atoms with Gasteiger partial charge in [0.1, 0.15) is 5.75 Å². The van der Waals surface area contributed by atoms with E-state index in [0.29, 0.717) is 5.69 Å². The molecule has 2 aromatic rings. The molecular formula is C16H18N2O4S. The summed E-state index contributed by atoms with van der Waals surface area (Å²) in [5.74, 6) is -0.211. The molecule has 2 aromatic carbocycles. The molecule has 23 heavy (non-hydrogen) atoms. The zero-order valence-corrected chi connectivity index (χ0v) is 13.9. The average Bonchev–Trinajstić information content (AvgIpc) is 2.44. The molecule has 0 bridgehead atoms. The van der Waals surface area contributed by atoms with Crippen molar-refractivity contribution in [2.24, 2.45) is 5.14 Å². The number of nitrogens with two attached hydrogens (primary N) is 1. The second-order valence-corrected chi connectivity index (χ2v) is 6.80. The molecule has 2 rings (SSSR count). The molecule has 0 heterocycles. The smallest absolute Gasteiger partial charge is 0.259 e. The molecule has 0 fully saturated rings. The number of hydrogen-bond donors (Lipinski definition) is 2. The summed E-state index contributed by atoms with van der Waals surface area (Å²) >= 11 is 0. The topological polar surface area (TPSA) is 98.5 Å². The predicted octanol–water partition coefficient (Wildman–Crippen LogP) is 2.21. The monoisotopic (exact) mass is 334 g/mol. The van der Waals surface area contributed by atoms with Crippen LogP contribution in [0.4, 0.5) is 5.69 Å². The minimum atomic E-state index is -3.91. The maximum atomic E-state index is 12.5. The maximum Gasteiger partial charge on any atom is 0.259 e. The third-order valence-electron chi connectivity index (χ3n) is 3.22. The van der Waals surface area contributed by atoms with Crippen LogP contribution in [0.5, 0.6) is 5.75 Å². The first-order valence-corrected chi connectivity index (χ1v) is 8.36. The van der Waals surface area contributed by atoms with Crippen LogP contribution in [0.25, 0.3) is 0 Å². The largest absolute Gasteiger partial charge is 0.496 e. The Hall–Kier alpha value is -2.38. The molecule has 0 aliphatic carbocycles. The fourth-order valence-corrected chi connectivity index (χ4v) is 2.83. The fourth-order valence-electron chi connectivity index (χ4n) is 2.29. The standard InChI is InChI=1S/C16H18N2O4S/c1-10-6-11(2)8-12(7-10)18-16(19)14-9-13(23(17,20)21)4-5-15(14)22-3/h4-9H,1-3H3,(H,18,19)(H2,17,20,21). The first kappa shape index (κ1) is 17.0. The first-order valence-electron chi connectivity index (χ1n) is 6.81. The van der Waals surface area contributed by atoms with Gasteiger partial charge in [0.05, 0.1) is 17.6 Å². The molecule has 122 valence electrons. The van der Waals surface area contributed by atoms with E-state index < -0.39 is 15.9 Å². The van der Waals surface area contributed by atoms with E-state index in [1.165, 1.54) is 25.3 Å². The summed E-state index contributed by atoms with van der Waals surface area (Å²) in [5, 5.41) is 7.85. The highest BCUT2D eigenvalue weighted by Crippen LogP contribution is 2.23. The van der Waals surface area contributed by atoms with Crippen molar-refractivity contribution in [3.63, 3.8) is 0 Å². The van der Waals surface area contributed by atoms with E-state index in [1.54, 1.807) is 0 Å². The van der Waals surface area contributed by atoms with Gasteiger partial charge in [-0.05, 0) is 55.3 Å². The van der Waals surface area contributed by atoms with Gasteiger partial charge in [0.15, 0.2) is 0 Å². The lowest BCUT2D eigenvalue weighted by Crippen LogP contribution is -2.17. The number of amides is 1. The summed E-state index contributed by atoms with van der Waals surface area (Å²) < 4.78 is 28.0. The maximum absolute atomic E-state index is 12.5. The zero-order chi connectivity index (χ0) is 17.2. The number of ether oxygens (including phenoxy) is 1. The van der Waals surface area contributed by atoms with E-state index >= 15 is 0 Å². The van der Waals surface area contributed by atoms with Crippen LogP contribution < -0.4 is 15.2 Å². The number of carbonyl (C=O) groups excluding carboxylic acids is 1. The number of rotatable bonds is 4. The number of nitrogens with one attached hydrogen (secondary N) is 1. The average molecular weight is 334 g/mol. The Balaban J connectivity index is 2.41. The van der Waals surface area contributed by atoms with Crippen molar-refractivity contribution in [2.75, 3.05) is 12.4 Å². The van der Waals surface area contributed by atoms with Crippen molar-refractivity contribution >= 4 is 21.6 Å². The molecule has 1 amide bonds. The van der Waals surface area contributed by atoms with E-state index in [2.05, 4.69) is 5.32 Å². The quantitative estimate of drug-likeness (QED) is 0.895. The minimum absolute atomic E-state index is 0.0955. The lowest BCUT2D eigenvalue weighted by molar-refractivity contribution is 0.102. The van der Waals surface area contributed by atoms with E-state index in [-0.39, 0.29) is 16.2 Å². The van der Waals surface area contributed by atoms with Crippen LogP contribution in [0.1, 0.15) is 21.5 Å². The van der Waals surface area contributed by atoms with Crippen LogP contribution in [0.2, 0.25) is 0 Å². The number of hydrogen-bond acceptors (Lipinski definition) is 4. The van der Waals surface area contributed by atoms with Gasteiger partial charge in [0.25, 0.3) is 5.91 Å². The molecule has 3 N–H and O–H groups in total. The van der Waals surface area contributed by atoms with E-state index in [9.17, 15) is 13.2 Å². The summed E-state index contributed by atoms with van der Waals surface area (Å²) in [6.07, 6.45) is 0. The van der Waals surface area contributed by atoms with Gasteiger partial charge in [-0.3, -0.25) is 4.79 Å². The van der Waals surface area contributed by atoms with Gasteiger partial charge in [-0.15, -0.1) is 0 Å². The Labute approximate surface area is 135 Å². The van der Waals surface area contributed by atoms with Crippen molar-refractivity contribution in [1.82, 2.24) is 0 Å². The van der Waals surface area contributed by atoms with Crippen LogP contribution in [-0.2, 0) is 10.0 Å². The molecule has 7 heteroatoms. The van der Waals surface area contributed by atoms with Crippen LogP contribution in [0.3, 0.4) is 0 Å². The molecule has 0 radical (unpaired) electrons. The van der Waals surface area contributed by atoms with Crippen molar-refractivity contribution in [3.8, 4) is 5.75 Å². The third-order valence-corrected chi connectivity index (χ3v) is 4.13. The molecule has 6 nitrogen and oxygen atoms in total. The van der Waals surface area contributed by atoms with Crippen molar-refractivity contribution < 1.29 is 17.9 Å². The second kappa shape index (κ2) is 6.39. The predicted molar refractivity (Wildman–Crippen MR) is 88.2 cm³/mol. The van der Waals surface area contributed by atoms with E-state index in [4.69, 9.17) is 9.88 Å². The summed E-state index contributed by atoms with van der Waals surface area (Å²) in [7, 11) is -2.50. The highest BCUT2D eigenvalue weighted by atomic mass is 32.2. The number of sulfonamides is 1. The number of benzene rings is 2. The van der Waals surface area contributed by atoms with Gasteiger partial charge in [0.2, 0.25) is 10.0 Å². The Morgan fingerprint density at radius 3 is 2.22 bits per heavy atom. The molecule has 0 spiro atoms. The normalized spacial score (nSPS) is 11.1. The summed E-state index contributed by atoms with van der Waals surface area (Å²) in [6.45, 7) is 3.84. The van der Waals surface area contributed by atoms with Gasteiger partial charge in [-0.2, -0.15) is 0 Å². The summed E-state index contributed by atoms with van der Waals surface area (Å²) in [6, 6.07) is 9.52. The van der Waals surface area contributed by atoms with E-state index in [1.807, 2.05) is 32.0 Å². The minimum Gasteiger partial charge on any atom is -0.496 e. The molecule has 0 aliphatic rings. The molecule has 0 saturated heterocycles. The summed E-state index contributed by atoms with van der Waals surface area (Å²) in [4.78, 5) is 12.3. The van der Waals surface area contributed by atoms with Crippen LogP contribution >= 0.6 is 0 Å². The fraction of sp³-hybridized carbons (Fsp3) is 0.188. The van der Waals surface area contributed by atoms with E-state index in [0.717, 1.165) is 11.1 Å². The van der Waals surface area contributed by atoms with Crippen LogP contribution in [-0.4, -0.2) is 21.4 Å². The highest BCUT2D eigenvalue weighted by Gasteiger charge is 2.17. The zero-order valence-electron chi connectivity index (χ0n) is 13.1. The number of methoxy groups -OCH3 is 1. The Bertz CT molecular complexity index is 840. The number of primary sulfonamides is 1. The molecule has 0 aliphatic heterocycles. The van der Waals surface area contributed by atoms with Crippen molar-refractivity contribution in [2.45, 2.75) is 18.7 Å². The Morgan fingerprint density at radius 2 is 1.70 bits per heavy atom.